The number of anilines is 1. The molecule has 86 valence electrons. The number of carbonyl (C=O) groups is 1. The Kier molecular flexibility index (Phi) is 3.41. The van der Waals surface area contributed by atoms with E-state index in [9.17, 15) is 4.79 Å². The third-order valence-electron chi connectivity index (χ3n) is 2.58. The highest BCUT2D eigenvalue weighted by Gasteiger charge is 2.23. The summed E-state index contributed by atoms with van der Waals surface area (Å²) in [5.74, 6) is 0.706. The second-order valence-corrected chi connectivity index (χ2v) is 3.72. The highest BCUT2D eigenvalue weighted by atomic mass is 16.5. The van der Waals surface area contributed by atoms with E-state index in [1.165, 1.54) is 0 Å². The van der Waals surface area contributed by atoms with Crippen LogP contribution in [-0.4, -0.2) is 25.7 Å². The number of benzene rings is 1. The minimum Gasteiger partial charge on any atom is -0.497 e. The molecule has 1 aromatic carbocycles. The Balaban J connectivity index is 1.94. The lowest BCUT2D eigenvalue weighted by atomic mass is 10.2. The van der Waals surface area contributed by atoms with Crippen molar-refractivity contribution < 1.29 is 14.3 Å². The summed E-state index contributed by atoms with van der Waals surface area (Å²) < 4.78 is 10.3. The second-order valence-electron chi connectivity index (χ2n) is 3.72. The van der Waals surface area contributed by atoms with Crippen LogP contribution >= 0.6 is 0 Å². The van der Waals surface area contributed by atoms with Crippen molar-refractivity contribution in [1.29, 1.82) is 0 Å². The van der Waals surface area contributed by atoms with Gasteiger partial charge in [0.15, 0.2) is 0 Å². The monoisotopic (exact) mass is 221 g/mol. The molecule has 1 aliphatic heterocycles. The average Bonchev–Trinajstić information content (AvgIpc) is 2.83. The molecule has 16 heavy (non-hydrogen) atoms. The van der Waals surface area contributed by atoms with Crippen LogP contribution in [-0.2, 0) is 9.53 Å². The highest BCUT2D eigenvalue weighted by molar-refractivity contribution is 5.94. The minimum absolute atomic E-state index is 0.0670. The number of hydrogen-bond donors (Lipinski definition) is 1. The molecule has 1 aromatic rings. The molecule has 1 atom stereocenters. The number of ether oxygens (including phenoxy) is 2. The maximum Gasteiger partial charge on any atom is 0.253 e. The number of amides is 1. The van der Waals surface area contributed by atoms with E-state index in [0.717, 1.165) is 24.3 Å². The van der Waals surface area contributed by atoms with Gasteiger partial charge in [-0.3, -0.25) is 4.79 Å². The SMILES string of the molecule is COc1ccc(NC(=O)[C@@H]2CCCO2)cc1. The summed E-state index contributed by atoms with van der Waals surface area (Å²) >= 11 is 0. The zero-order valence-electron chi connectivity index (χ0n) is 9.23. The van der Waals surface area contributed by atoms with Crippen molar-refractivity contribution in [3.8, 4) is 5.75 Å². The van der Waals surface area contributed by atoms with Crippen LogP contribution in [0.5, 0.6) is 5.75 Å². The lowest BCUT2D eigenvalue weighted by Gasteiger charge is -2.10. The predicted octanol–water partition coefficient (Wildman–Crippen LogP) is 1.81. The molecular formula is C12H15NO3. The molecule has 1 fully saturated rings. The van der Waals surface area contributed by atoms with Crippen LogP contribution in [0.1, 0.15) is 12.8 Å². The van der Waals surface area contributed by atoms with Gasteiger partial charge in [0.05, 0.1) is 7.11 Å². The molecule has 0 unspecified atom stereocenters. The van der Waals surface area contributed by atoms with Crippen LogP contribution in [0.15, 0.2) is 24.3 Å². The topological polar surface area (TPSA) is 47.6 Å². The van der Waals surface area contributed by atoms with E-state index in [0.29, 0.717) is 6.61 Å². The van der Waals surface area contributed by atoms with Crippen LogP contribution in [0.4, 0.5) is 5.69 Å². The molecule has 1 saturated heterocycles. The van der Waals surface area contributed by atoms with Gasteiger partial charge in [0.2, 0.25) is 0 Å². The van der Waals surface area contributed by atoms with Gasteiger partial charge in [-0.1, -0.05) is 0 Å². The minimum atomic E-state index is -0.290. The maximum atomic E-state index is 11.7. The fourth-order valence-corrected chi connectivity index (χ4v) is 1.68. The van der Waals surface area contributed by atoms with E-state index in [4.69, 9.17) is 9.47 Å². The first-order valence-corrected chi connectivity index (χ1v) is 5.36. The van der Waals surface area contributed by atoms with Gasteiger partial charge in [-0.2, -0.15) is 0 Å². The molecule has 1 aliphatic rings. The Bertz CT molecular complexity index is 355. The Hall–Kier alpha value is -1.55. The van der Waals surface area contributed by atoms with E-state index in [1.807, 2.05) is 24.3 Å². The molecule has 4 nitrogen and oxygen atoms in total. The van der Waals surface area contributed by atoms with Crippen LogP contribution in [0.3, 0.4) is 0 Å². The summed E-state index contributed by atoms with van der Waals surface area (Å²) in [5, 5.41) is 2.82. The van der Waals surface area contributed by atoms with Gasteiger partial charge in [0, 0.05) is 12.3 Å². The number of rotatable bonds is 3. The lowest BCUT2D eigenvalue weighted by Crippen LogP contribution is -2.26. The van der Waals surface area contributed by atoms with Crippen molar-refractivity contribution in [2.24, 2.45) is 0 Å². The average molecular weight is 221 g/mol. The smallest absolute Gasteiger partial charge is 0.253 e. The molecule has 0 aromatic heterocycles. The molecule has 4 heteroatoms. The van der Waals surface area contributed by atoms with Gasteiger partial charge in [-0.25, -0.2) is 0 Å². The molecule has 0 aliphatic carbocycles. The number of carbonyl (C=O) groups excluding carboxylic acids is 1. The summed E-state index contributed by atoms with van der Waals surface area (Å²) in [7, 11) is 1.61. The zero-order valence-corrected chi connectivity index (χ0v) is 9.23. The Labute approximate surface area is 94.6 Å². The second kappa shape index (κ2) is 4.99. The number of methoxy groups -OCH3 is 1. The van der Waals surface area contributed by atoms with Gasteiger partial charge in [-0.15, -0.1) is 0 Å². The number of nitrogens with one attached hydrogen (secondary N) is 1. The standard InChI is InChI=1S/C12H15NO3/c1-15-10-6-4-9(5-7-10)13-12(14)11-3-2-8-16-11/h4-7,11H,2-3,8H2,1H3,(H,13,14)/t11-/m0/s1. The molecule has 1 heterocycles. The van der Waals surface area contributed by atoms with Crippen molar-refractivity contribution in [2.75, 3.05) is 19.0 Å². The molecule has 1 amide bonds. The summed E-state index contributed by atoms with van der Waals surface area (Å²) in [4.78, 5) is 11.7. The molecule has 2 rings (SSSR count). The fourth-order valence-electron chi connectivity index (χ4n) is 1.68. The van der Waals surface area contributed by atoms with Crippen LogP contribution in [0.2, 0.25) is 0 Å². The van der Waals surface area contributed by atoms with Gasteiger partial charge < -0.3 is 14.8 Å². The zero-order chi connectivity index (χ0) is 11.4. The van der Waals surface area contributed by atoms with Crippen molar-refractivity contribution in [1.82, 2.24) is 0 Å². The van der Waals surface area contributed by atoms with Gasteiger partial charge in [0.25, 0.3) is 5.91 Å². The molecule has 0 saturated carbocycles. The van der Waals surface area contributed by atoms with Crippen LogP contribution in [0.25, 0.3) is 0 Å². The normalized spacial score (nSPS) is 19.4. The summed E-state index contributed by atoms with van der Waals surface area (Å²) in [6.07, 6.45) is 1.48. The maximum absolute atomic E-state index is 11.7. The third kappa shape index (κ3) is 2.52. The first kappa shape index (κ1) is 11.0. The predicted molar refractivity (Wildman–Crippen MR) is 60.6 cm³/mol. The van der Waals surface area contributed by atoms with Crippen molar-refractivity contribution in [3.63, 3.8) is 0 Å². The summed E-state index contributed by atoms with van der Waals surface area (Å²) in [5.41, 5.74) is 0.765. The van der Waals surface area contributed by atoms with E-state index >= 15 is 0 Å². The summed E-state index contributed by atoms with van der Waals surface area (Å²) in [6.45, 7) is 0.681. The van der Waals surface area contributed by atoms with Crippen molar-refractivity contribution in [2.45, 2.75) is 18.9 Å². The summed E-state index contributed by atoms with van der Waals surface area (Å²) in [6, 6.07) is 7.24. The molecule has 0 radical (unpaired) electrons. The van der Waals surface area contributed by atoms with E-state index in [2.05, 4.69) is 5.32 Å². The lowest BCUT2D eigenvalue weighted by molar-refractivity contribution is -0.124. The molecule has 1 N–H and O–H groups in total. The largest absolute Gasteiger partial charge is 0.497 e. The quantitative estimate of drug-likeness (QED) is 0.846. The van der Waals surface area contributed by atoms with Crippen molar-refractivity contribution >= 4 is 11.6 Å². The fraction of sp³-hybridized carbons (Fsp3) is 0.417. The van der Waals surface area contributed by atoms with Crippen LogP contribution in [0, 0.1) is 0 Å². The highest BCUT2D eigenvalue weighted by Crippen LogP contribution is 2.17. The molecule has 0 bridgehead atoms. The molecular weight excluding hydrogens is 206 g/mol. The Morgan fingerprint density at radius 1 is 1.44 bits per heavy atom. The first-order chi connectivity index (χ1) is 7.79. The van der Waals surface area contributed by atoms with E-state index in [1.54, 1.807) is 7.11 Å². The van der Waals surface area contributed by atoms with Crippen molar-refractivity contribution in [3.05, 3.63) is 24.3 Å². The first-order valence-electron chi connectivity index (χ1n) is 5.36. The molecule has 0 spiro atoms. The van der Waals surface area contributed by atoms with Gasteiger partial charge >= 0.3 is 0 Å². The third-order valence-corrected chi connectivity index (χ3v) is 2.58. The van der Waals surface area contributed by atoms with Crippen LogP contribution < -0.4 is 10.1 Å². The number of hydrogen-bond acceptors (Lipinski definition) is 3. The van der Waals surface area contributed by atoms with E-state index < -0.39 is 0 Å². The Morgan fingerprint density at radius 2 is 2.19 bits per heavy atom. The van der Waals surface area contributed by atoms with Gasteiger partial charge in [0.1, 0.15) is 11.9 Å². The Morgan fingerprint density at radius 3 is 2.75 bits per heavy atom. The van der Waals surface area contributed by atoms with E-state index in [-0.39, 0.29) is 12.0 Å². The van der Waals surface area contributed by atoms with Gasteiger partial charge in [-0.05, 0) is 37.1 Å².